The van der Waals surface area contributed by atoms with Crippen LogP contribution in [-0.2, 0) is 6.61 Å². The summed E-state index contributed by atoms with van der Waals surface area (Å²) in [4.78, 5) is 17.8. The first-order valence-corrected chi connectivity index (χ1v) is 8.94. The van der Waals surface area contributed by atoms with Gasteiger partial charge in [-0.25, -0.2) is 0 Å². The van der Waals surface area contributed by atoms with Gasteiger partial charge in [0, 0.05) is 0 Å². The van der Waals surface area contributed by atoms with Gasteiger partial charge in [-0.2, -0.15) is 0 Å². The first-order chi connectivity index (χ1) is 11.1. The average molecular weight is 372 g/mol. The number of benzene rings is 2. The Labute approximate surface area is 140 Å². The van der Waals surface area contributed by atoms with Crippen LogP contribution in [0.4, 0.5) is 0 Å². The fourth-order valence-electron chi connectivity index (χ4n) is 2.12. The summed E-state index contributed by atoms with van der Waals surface area (Å²) in [6, 6.07) is 14.9. The van der Waals surface area contributed by atoms with E-state index in [1.807, 2.05) is 0 Å². The molecule has 3 rings (SSSR count). The monoisotopic (exact) mass is 373 g/mol. The molecule has 3 aromatic rings. The summed E-state index contributed by atoms with van der Waals surface area (Å²) in [6.07, 6.45) is 0. The summed E-state index contributed by atoms with van der Waals surface area (Å²) in [5, 5.41) is 9.15. The summed E-state index contributed by atoms with van der Waals surface area (Å²) in [7, 11) is 0. The van der Waals surface area contributed by atoms with Crippen molar-refractivity contribution in [1.82, 2.24) is 4.98 Å². The van der Waals surface area contributed by atoms with Crippen molar-refractivity contribution in [3.05, 3.63) is 70.3 Å². The Balaban J connectivity index is 1.73. The Morgan fingerprint density at radius 3 is 2.65 bits per heavy atom. The van der Waals surface area contributed by atoms with Crippen molar-refractivity contribution in [1.29, 1.82) is 0 Å². The van der Waals surface area contributed by atoms with Gasteiger partial charge in [-0.05, 0) is 0 Å². The molecule has 5 heteroatoms. The van der Waals surface area contributed by atoms with Crippen molar-refractivity contribution >= 4 is 20.5 Å². The summed E-state index contributed by atoms with van der Waals surface area (Å²) < 4.78 is 6.71. The van der Waals surface area contributed by atoms with Crippen LogP contribution < -0.4 is 4.74 Å². The number of para-hydroxylation sites is 1. The molecule has 116 valence electrons. The summed E-state index contributed by atoms with van der Waals surface area (Å²) in [6.45, 7) is 2.34. The van der Waals surface area contributed by atoms with E-state index >= 15 is 0 Å². The number of aromatic nitrogens is 1. The van der Waals surface area contributed by atoms with E-state index in [1.165, 1.54) is 11.6 Å². The molecule has 0 radical (unpaired) electrons. The van der Waals surface area contributed by atoms with Gasteiger partial charge in [0.05, 0.1) is 0 Å². The second-order valence-corrected chi connectivity index (χ2v) is 6.90. The predicted octanol–water partition coefficient (Wildman–Crippen LogP) is 3.39. The second kappa shape index (κ2) is 6.82. The number of aromatic carboxylic acids is 1. The molecule has 23 heavy (non-hydrogen) atoms. The Morgan fingerprint density at radius 2 is 1.91 bits per heavy atom. The minimum absolute atomic E-state index is 0.166. The van der Waals surface area contributed by atoms with Crippen molar-refractivity contribution in [3.63, 3.8) is 0 Å². The molecule has 0 saturated carbocycles. The molecule has 1 aromatic heterocycles. The van der Waals surface area contributed by atoms with Crippen LogP contribution in [0.15, 0.2) is 53.5 Å². The van der Waals surface area contributed by atoms with Crippen molar-refractivity contribution in [3.8, 4) is 15.9 Å². The summed E-state index contributed by atoms with van der Waals surface area (Å²) in [5.41, 5.74) is 3.37. The van der Waals surface area contributed by atoms with Crippen LogP contribution in [0.1, 0.15) is 21.6 Å². The number of carbonyl (C=O) groups is 1. The molecule has 0 bridgehead atoms. The molecule has 1 heterocycles. The number of nitrogens with zero attached hydrogens (tertiary/aromatic N) is 1. The topological polar surface area (TPSA) is 59.4 Å². The number of rotatable bonds is 5. The van der Waals surface area contributed by atoms with Gasteiger partial charge < -0.3 is 0 Å². The molecule has 0 aliphatic heterocycles. The molecule has 0 amide bonds. The SMILES string of the molecule is Cc1ccc(-c2nc(COc3ccccc3C(=O)O)c[se]2)cc1. The fourth-order valence-corrected chi connectivity index (χ4v) is 3.82. The zero-order valence-electron chi connectivity index (χ0n) is 12.5. The molecular formula is C18H15NO3Se. The molecule has 0 fully saturated rings. The predicted molar refractivity (Wildman–Crippen MR) is 89.1 cm³/mol. The van der Waals surface area contributed by atoms with E-state index < -0.39 is 5.97 Å². The van der Waals surface area contributed by atoms with Gasteiger partial charge >= 0.3 is 140 Å². The standard InChI is InChI=1S/C18H15NO3Se/c1-12-6-8-13(9-7-12)17-19-14(11-23-17)10-22-16-5-3-2-4-15(16)18(20)21/h2-9,11H,10H2,1H3,(H,20,21). The van der Waals surface area contributed by atoms with Crippen LogP contribution >= 0.6 is 0 Å². The molecular weight excluding hydrogens is 357 g/mol. The molecule has 2 aromatic carbocycles. The van der Waals surface area contributed by atoms with Gasteiger partial charge in [-0.15, -0.1) is 0 Å². The number of aryl methyl sites for hydroxylation is 1. The van der Waals surface area contributed by atoms with Crippen LogP contribution in [0.25, 0.3) is 10.1 Å². The van der Waals surface area contributed by atoms with E-state index in [9.17, 15) is 4.79 Å². The summed E-state index contributed by atoms with van der Waals surface area (Å²) >= 11 is 0.181. The molecule has 0 aliphatic rings. The second-order valence-electron chi connectivity index (χ2n) is 5.10. The molecule has 0 spiro atoms. The summed E-state index contributed by atoms with van der Waals surface area (Å²) in [5.74, 6) is -0.624. The van der Waals surface area contributed by atoms with Gasteiger partial charge in [0.2, 0.25) is 0 Å². The van der Waals surface area contributed by atoms with E-state index in [-0.39, 0.29) is 26.7 Å². The third-order valence-electron chi connectivity index (χ3n) is 3.34. The van der Waals surface area contributed by atoms with Crippen LogP contribution in [0.5, 0.6) is 5.75 Å². The first-order valence-electron chi connectivity index (χ1n) is 7.10. The van der Waals surface area contributed by atoms with Gasteiger partial charge in [0.15, 0.2) is 0 Å². The zero-order chi connectivity index (χ0) is 16.2. The molecule has 0 atom stereocenters. The maximum absolute atomic E-state index is 11.2. The van der Waals surface area contributed by atoms with Crippen LogP contribution in [-0.4, -0.2) is 30.6 Å². The number of hydrogen-bond acceptors (Lipinski definition) is 3. The number of hydrogen-bond donors (Lipinski definition) is 1. The van der Waals surface area contributed by atoms with E-state index in [1.54, 1.807) is 18.2 Å². The maximum atomic E-state index is 11.2. The van der Waals surface area contributed by atoms with Crippen LogP contribution in [0.3, 0.4) is 0 Å². The minimum atomic E-state index is -0.992. The van der Waals surface area contributed by atoms with E-state index in [0.29, 0.717) is 5.75 Å². The van der Waals surface area contributed by atoms with Gasteiger partial charge in [0.1, 0.15) is 0 Å². The quantitative estimate of drug-likeness (QED) is 0.698. The number of carboxylic acid groups (broad SMARTS) is 1. The van der Waals surface area contributed by atoms with Gasteiger partial charge in [-0.1, -0.05) is 0 Å². The Kier molecular flexibility index (Phi) is 4.60. The normalized spacial score (nSPS) is 10.5. The van der Waals surface area contributed by atoms with E-state index in [2.05, 4.69) is 41.1 Å². The molecule has 0 saturated heterocycles. The van der Waals surface area contributed by atoms with Crippen molar-refractivity contribution in [2.24, 2.45) is 0 Å². The average Bonchev–Trinajstić information content (AvgIpc) is 3.03. The first kappa shape index (κ1) is 15.5. The van der Waals surface area contributed by atoms with Crippen LogP contribution in [0, 0.1) is 6.92 Å². The Hall–Kier alpha value is -2.36. The Bertz CT molecular complexity index is 824. The zero-order valence-corrected chi connectivity index (χ0v) is 14.2. The van der Waals surface area contributed by atoms with Crippen molar-refractivity contribution < 1.29 is 14.6 Å². The third-order valence-corrected chi connectivity index (χ3v) is 5.32. The van der Waals surface area contributed by atoms with Gasteiger partial charge in [0.25, 0.3) is 0 Å². The fraction of sp³-hybridized carbons (Fsp3) is 0.111. The number of ether oxygens (including phenoxy) is 1. The van der Waals surface area contributed by atoms with Crippen molar-refractivity contribution in [2.75, 3.05) is 0 Å². The van der Waals surface area contributed by atoms with E-state index in [4.69, 9.17) is 9.84 Å². The van der Waals surface area contributed by atoms with Crippen molar-refractivity contribution in [2.45, 2.75) is 13.5 Å². The van der Waals surface area contributed by atoms with Gasteiger partial charge in [-0.3, -0.25) is 0 Å². The third kappa shape index (κ3) is 3.70. The molecule has 1 N–H and O–H groups in total. The molecule has 4 nitrogen and oxygen atoms in total. The Morgan fingerprint density at radius 1 is 1.17 bits per heavy atom. The number of carboxylic acids is 1. The molecule has 0 aliphatic carbocycles. The molecule has 0 unspecified atom stereocenters. The van der Waals surface area contributed by atoms with E-state index in [0.717, 1.165) is 15.8 Å². The van der Waals surface area contributed by atoms with Crippen LogP contribution in [0.2, 0.25) is 0 Å².